The lowest BCUT2D eigenvalue weighted by molar-refractivity contribution is 0.0979. The van der Waals surface area contributed by atoms with Gasteiger partial charge in [0, 0.05) is 50.3 Å². The molecule has 0 bridgehead atoms. The van der Waals surface area contributed by atoms with Crippen molar-refractivity contribution >= 4 is 23.6 Å². The summed E-state index contributed by atoms with van der Waals surface area (Å²) in [6.07, 6.45) is 3.76. The largest absolute Gasteiger partial charge is 0.450 e. The molecule has 4 rings (SSSR count). The van der Waals surface area contributed by atoms with Crippen molar-refractivity contribution in [3.63, 3.8) is 0 Å². The number of ether oxygens (including phenoxy) is 1. The number of benzene rings is 1. The normalized spacial score (nSPS) is 18.6. The van der Waals surface area contributed by atoms with Crippen LogP contribution >= 0.6 is 0 Å². The topological polar surface area (TPSA) is 78.9 Å². The van der Waals surface area contributed by atoms with Crippen LogP contribution in [0, 0.1) is 0 Å². The molecule has 2 aliphatic rings. The second-order valence-corrected chi connectivity index (χ2v) is 7.30. The van der Waals surface area contributed by atoms with E-state index in [1.807, 2.05) is 28.0 Å². The average molecular weight is 395 g/mol. The first-order chi connectivity index (χ1) is 14.1. The van der Waals surface area contributed by atoms with E-state index in [1.165, 1.54) is 5.56 Å². The summed E-state index contributed by atoms with van der Waals surface area (Å²) in [4.78, 5) is 39.2. The van der Waals surface area contributed by atoms with Gasteiger partial charge in [0.2, 0.25) is 5.95 Å². The fourth-order valence-corrected chi connectivity index (χ4v) is 3.91. The van der Waals surface area contributed by atoms with Gasteiger partial charge in [-0.2, -0.15) is 0 Å². The molecule has 0 saturated carbocycles. The third-order valence-corrected chi connectivity index (χ3v) is 5.40. The van der Waals surface area contributed by atoms with Crippen molar-refractivity contribution in [1.29, 1.82) is 0 Å². The van der Waals surface area contributed by atoms with Crippen LogP contribution in [-0.4, -0.2) is 65.7 Å². The molecule has 3 heterocycles. The molecule has 152 valence electrons. The fourth-order valence-electron chi connectivity index (χ4n) is 3.91. The lowest BCUT2D eigenvalue weighted by Gasteiger charge is -2.34. The van der Waals surface area contributed by atoms with Crippen LogP contribution in [0.4, 0.5) is 16.4 Å². The van der Waals surface area contributed by atoms with Crippen LogP contribution < -0.4 is 9.80 Å². The molecular formula is C21H25N5O3. The van der Waals surface area contributed by atoms with Crippen molar-refractivity contribution in [3.05, 3.63) is 47.8 Å². The van der Waals surface area contributed by atoms with Crippen molar-refractivity contribution in [2.45, 2.75) is 26.3 Å². The number of para-hydroxylation sites is 1. The zero-order valence-electron chi connectivity index (χ0n) is 16.7. The summed E-state index contributed by atoms with van der Waals surface area (Å²) in [5, 5.41) is 0. The van der Waals surface area contributed by atoms with Gasteiger partial charge in [0.1, 0.15) is 0 Å². The van der Waals surface area contributed by atoms with Crippen molar-refractivity contribution < 1.29 is 14.3 Å². The molecule has 1 atom stereocenters. The van der Waals surface area contributed by atoms with Crippen LogP contribution in [0.2, 0.25) is 0 Å². The molecule has 2 aliphatic heterocycles. The van der Waals surface area contributed by atoms with E-state index >= 15 is 0 Å². The minimum Gasteiger partial charge on any atom is -0.450 e. The SMILES string of the molecule is CCOC(=O)N1CCN(c2ncc(C(=O)N3c4ccccc4CC3C)cn2)CC1. The molecule has 1 aromatic carbocycles. The van der Waals surface area contributed by atoms with Gasteiger partial charge in [-0.15, -0.1) is 0 Å². The molecule has 0 aliphatic carbocycles. The molecule has 1 fully saturated rings. The number of hydrogen-bond donors (Lipinski definition) is 0. The van der Waals surface area contributed by atoms with Gasteiger partial charge >= 0.3 is 6.09 Å². The van der Waals surface area contributed by atoms with E-state index in [0.29, 0.717) is 44.3 Å². The Balaban J connectivity index is 1.42. The lowest BCUT2D eigenvalue weighted by Crippen LogP contribution is -2.49. The predicted molar refractivity (Wildman–Crippen MR) is 109 cm³/mol. The summed E-state index contributed by atoms with van der Waals surface area (Å²) in [6.45, 7) is 6.60. The van der Waals surface area contributed by atoms with E-state index in [4.69, 9.17) is 4.74 Å². The Morgan fingerprint density at radius 3 is 2.48 bits per heavy atom. The van der Waals surface area contributed by atoms with E-state index in [1.54, 1.807) is 24.2 Å². The quantitative estimate of drug-likeness (QED) is 0.794. The Labute approximate surface area is 170 Å². The first-order valence-electron chi connectivity index (χ1n) is 9.98. The molecule has 0 spiro atoms. The molecule has 29 heavy (non-hydrogen) atoms. The van der Waals surface area contributed by atoms with Crippen molar-refractivity contribution in [2.75, 3.05) is 42.6 Å². The number of hydrogen-bond acceptors (Lipinski definition) is 6. The summed E-state index contributed by atoms with van der Waals surface area (Å²) in [6, 6.07) is 8.10. The predicted octanol–water partition coefficient (Wildman–Crippen LogP) is 2.35. The van der Waals surface area contributed by atoms with Crippen LogP contribution in [0.5, 0.6) is 0 Å². The van der Waals surface area contributed by atoms with E-state index in [2.05, 4.69) is 23.0 Å². The minimum atomic E-state index is -0.283. The Bertz CT molecular complexity index is 893. The molecule has 1 unspecified atom stereocenters. The molecule has 1 aromatic heterocycles. The Morgan fingerprint density at radius 2 is 1.79 bits per heavy atom. The van der Waals surface area contributed by atoms with Crippen LogP contribution in [0.25, 0.3) is 0 Å². The number of carbonyl (C=O) groups excluding carboxylic acids is 2. The van der Waals surface area contributed by atoms with Gasteiger partial charge in [0.05, 0.1) is 12.2 Å². The third kappa shape index (κ3) is 3.74. The van der Waals surface area contributed by atoms with Crippen molar-refractivity contribution in [2.24, 2.45) is 0 Å². The Hall–Kier alpha value is -3.16. The van der Waals surface area contributed by atoms with Gasteiger partial charge in [-0.3, -0.25) is 4.79 Å². The molecule has 8 heteroatoms. The summed E-state index contributed by atoms with van der Waals surface area (Å²) in [5.41, 5.74) is 2.62. The van der Waals surface area contributed by atoms with E-state index in [-0.39, 0.29) is 18.0 Å². The van der Waals surface area contributed by atoms with E-state index in [0.717, 1.165) is 12.1 Å². The Morgan fingerprint density at radius 1 is 1.10 bits per heavy atom. The number of rotatable bonds is 3. The van der Waals surface area contributed by atoms with Gasteiger partial charge < -0.3 is 19.4 Å². The molecule has 2 amide bonds. The number of amides is 2. The number of piperazine rings is 1. The highest BCUT2D eigenvalue weighted by atomic mass is 16.6. The number of nitrogens with zero attached hydrogens (tertiary/aromatic N) is 5. The number of aromatic nitrogens is 2. The first-order valence-corrected chi connectivity index (χ1v) is 9.98. The maximum absolute atomic E-state index is 13.1. The monoisotopic (exact) mass is 395 g/mol. The maximum atomic E-state index is 13.1. The van der Waals surface area contributed by atoms with E-state index in [9.17, 15) is 9.59 Å². The van der Waals surface area contributed by atoms with Crippen molar-refractivity contribution in [3.8, 4) is 0 Å². The number of anilines is 2. The lowest BCUT2D eigenvalue weighted by atomic mass is 10.1. The van der Waals surface area contributed by atoms with Gasteiger partial charge in [0.15, 0.2) is 0 Å². The van der Waals surface area contributed by atoms with Crippen LogP contribution in [0.15, 0.2) is 36.7 Å². The Kier molecular flexibility index (Phi) is 5.33. The van der Waals surface area contributed by atoms with Gasteiger partial charge in [-0.1, -0.05) is 18.2 Å². The maximum Gasteiger partial charge on any atom is 0.409 e. The second-order valence-electron chi connectivity index (χ2n) is 7.30. The zero-order valence-corrected chi connectivity index (χ0v) is 16.7. The third-order valence-electron chi connectivity index (χ3n) is 5.40. The zero-order chi connectivity index (χ0) is 20.4. The van der Waals surface area contributed by atoms with Crippen LogP contribution in [0.3, 0.4) is 0 Å². The fraction of sp³-hybridized carbons (Fsp3) is 0.429. The van der Waals surface area contributed by atoms with Crippen molar-refractivity contribution in [1.82, 2.24) is 14.9 Å². The van der Waals surface area contributed by atoms with Gasteiger partial charge in [0.25, 0.3) is 5.91 Å². The minimum absolute atomic E-state index is 0.0823. The smallest absolute Gasteiger partial charge is 0.409 e. The van der Waals surface area contributed by atoms with Gasteiger partial charge in [-0.05, 0) is 31.9 Å². The number of carbonyl (C=O) groups is 2. The number of fused-ring (bicyclic) bond motifs is 1. The molecular weight excluding hydrogens is 370 g/mol. The highest BCUT2D eigenvalue weighted by Gasteiger charge is 2.31. The summed E-state index contributed by atoms with van der Waals surface area (Å²) < 4.78 is 5.04. The molecule has 0 radical (unpaired) electrons. The van der Waals surface area contributed by atoms with Crippen LogP contribution in [-0.2, 0) is 11.2 Å². The summed E-state index contributed by atoms with van der Waals surface area (Å²) in [7, 11) is 0. The highest BCUT2D eigenvalue weighted by molar-refractivity contribution is 6.07. The summed E-state index contributed by atoms with van der Waals surface area (Å²) >= 11 is 0. The van der Waals surface area contributed by atoms with Crippen LogP contribution in [0.1, 0.15) is 29.8 Å². The molecule has 2 aromatic rings. The molecule has 1 saturated heterocycles. The van der Waals surface area contributed by atoms with Gasteiger partial charge in [-0.25, -0.2) is 14.8 Å². The highest BCUT2D eigenvalue weighted by Crippen LogP contribution is 2.32. The first kappa shape index (κ1) is 19.2. The van der Waals surface area contributed by atoms with E-state index < -0.39 is 0 Å². The standard InChI is InChI=1S/C21H25N5O3/c1-3-29-21(28)25-10-8-24(9-11-25)20-22-13-17(14-23-20)19(27)26-15(2)12-16-6-4-5-7-18(16)26/h4-7,13-15H,3,8-12H2,1-2H3. The second kappa shape index (κ2) is 8.06. The average Bonchev–Trinajstić information content (AvgIpc) is 3.09. The molecule has 8 nitrogen and oxygen atoms in total. The molecule has 0 N–H and O–H groups in total. The summed E-state index contributed by atoms with van der Waals surface area (Å²) in [5.74, 6) is 0.487.